The minimum Gasteiger partial charge on any atom is -0.496 e. The van der Waals surface area contributed by atoms with Gasteiger partial charge in [-0.3, -0.25) is 9.89 Å². The Morgan fingerprint density at radius 1 is 1.43 bits per heavy atom. The van der Waals surface area contributed by atoms with Crippen LogP contribution in [0.25, 0.3) is 0 Å². The molecule has 0 aliphatic carbocycles. The van der Waals surface area contributed by atoms with E-state index in [1.54, 1.807) is 24.3 Å². The smallest absolute Gasteiger partial charge is 0.276 e. The quantitative estimate of drug-likeness (QED) is 0.788. The SMILES string of the molecule is COc1ccc(NC(=O)c2cc(C(C)C)[nH]n2)cc1CO. The monoisotopic (exact) mass is 289 g/mol. The average molecular weight is 289 g/mol. The van der Waals surface area contributed by atoms with E-state index in [-0.39, 0.29) is 18.4 Å². The lowest BCUT2D eigenvalue weighted by molar-refractivity contribution is 0.102. The Morgan fingerprint density at radius 2 is 2.19 bits per heavy atom. The summed E-state index contributed by atoms with van der Waals surface area (Å²) in [5.41, 5.74) is 2.44. The van der Waals surface area contributed by atoms with Crippen LogP contribution in [0.5, 0.6) is 5.75 Å². The van der Waals surface area contributed by atoms with Crippen molar-refractivity contribution in [1.82, 2.24) is 10.2 Å². The number of carbonyl (C=O) groups excluding carboxylic acids is 1. The van der Waals surface area contributed by atoms with E-state index >= 15 is 0 Å². The van der Waals surface area contributed by atoms with Crippen LogP contribution in [-0.2, 0) is 6.61 Å². The third-order valence-electron chi connectivity index (χ3n) is 3.16. The Bertz CT molecular complexity index is 635. The van der Waals surface area contributed by atoms with Crippen LogP contribution in [0, 0.1) is 0 Å². The van der Waals surface area contributed by atoms with Crippen molar-refractivity contribution in [3.8, 4) is 5.75 Å². The van der Waals surface area contributed by atoms with E-state index < -0.39 is 0 Å². The second-order valence-corrected chi connectivity index (χ2v) is 5.00. The third kappa shape index (κ3) is 3.41. The molecule has 0 saturated carbocycles. The molecule has 0 fully saturated rings. The maximum atomic E-state index is 12.1. The summed E-state index contributed by atoms with van der Waals surface area (Å²) in [5, 5.41) is 18.9. The summed E-state index contributed by atoms with van der Waals surface area (Å²) in [5.74, 6) is 0.561. The molecule has 2 aromatic rings. The van der Waals surface area contributed by atoms with E-state index in [1.165, 1.54) is 7.11 Å². The molecule has 1 aromatic heterocycles. The van der Waals surface area contributed by atoms with Crippen LogP contribution >= 0.6 is 0 Å². The summed E-state index contributed by atoms with van der Waals surface area (Å²) >= 11 is 0. The first-order valence-electron chi connectivity index (χ1n) is 6.69. The van der Waals surface area contributed by atoms with Crippen molar-refractivity contribution >= 4 is 11.6 Å². The molecule has 3 N–H and O–H groups in total. The highest BCUT2D eigenvalue weighted by Crippen LogP contribution is 2.23. The summed E-state index contributed by atoms with van der Waals surface area (Å²) < 4.78 is 5.12. The first-order valence-corrected chi connectivity index (χ1v) is 6.69. The van der Waals surface area contributed by atoms with Crippen molar-refractivity contribution in [2.24, 2.45) is 0 Å². The standard InChI is InChI=1S/C15H19N3O3/c1-9(2)12-7-13(18-17-12)15(20)16-11-4-5-14(21-3)10(6-11)8-19/h4-7,9,19H,8H2,1-3H3,(H,16,20)(H,17,18). The molecule has 1 aromatic carbocycles. The van der Waals surface area contributed by atoms with Gasteiger partial charge in [-0.1, -0.05) is 13.8 Å². The van der Waals surface area contributed by atoms with Gasteiger partial charge in [0, 0.05) is 16.9 Å². The normalized spacial score (nSPS) is 10.7. The van der Waals surface area contributed by atoms with Gasteiger partial charge in [0.05, 0.1) is 13.7 Å². The predicted molar refractivity (Wildman–Crippen MR) is 79.5 cm³/mol. The second kappa shape index (κ2) is 6.41. The zero-order valence-electron chi connectivity index (χ0n) is 12.3. The number of anilines is 1. The maximum Gasteiger partial charge on any atom is 0.276 e. The lowest BCUT2D eigenvalue weighted by Crippen LogP contribution is -2.12. The lowest BCUT2D eigenvalue weighted by atomic mass is 10.1. The van der Waals surface area contributed by atoms with E-state index in [9.17, 15) is 9.90 Å². The number of hydrogen-bond acceptors (Lipinski definition) is 4. The number of aromatic nitrogens is 2. The number of aromatic amines is 1. The summed E-state index contributed by atoms with van der Waals surface area (Å²) in [6.45, 7) is 3.88. The molecule has 0 aliphatic rings. The van der Waals surface area contributed by atoms with Crippen LogP contribution in [-0.4, -0.2) is 28.3 Å². The van der Waals surface area contributed by atoms with Crippen molar-refractivity contribution < 1.29 is 14.6 Å². The first kappa shape index (κ1) is 15.1. The van der Waals surface area contributed by atoms with Gasteiger partial charge < -0.3 is 15.2 Å². The number of nitrogens with zero attached hydrogens (tertiary/aromatic N) is 1. The molecule has 6 nitrogen and oxygen atoms in total. The van der Waals surface area contributed by atoms with E-state index in [4.69, 9.17) is 4.74 Å². The topological polar surface area (TPSA) is 87.2 Å². The maximum absolute atomic E-state index is 12.1. The number of methoxy groups -OCH3 is 1. The highest BCUT2D eigenvalue weighted by molar-refractivity contribution is 6.03. The van der Waals surface area contributed by atoms with Gasteiger partial charge in [0.15, 0.2) is 5.69 Å². The van der Waals surface area contributed by atoms with Gasteiger partial charge in [0.2, 0.25) is 0 Å². The molecular weight excluding hydrogens is 270 g/mol. The van der Waals surface area contributed by atoms with E-state index in [0.717, 1.165) is 5.69 Å². The fourth-order valence-electron chi connectivity index (χ4n) is 1.92. The molecule has 0 spiro atoms. The highest BCUT2D eigenvalue weighted by atomic mass is 16.5. The molecule has 21 heavy (non-hydrogen) atoms. The molecule has 2 rings (SSSR count). The number of ether oxygens (including phenoxy) is 1. The van der Waals surface area contributed by atoms with Gasteiger partial charge in [-0.25, -0.2) is 0 Å². The van der Waals surface area contributed by atoms with Crippen molar-refractivity contribution in [2.45, 2.75) is 26.4 Å². The first-order chi connectivity index (χ1) is 10.0. The Balaban J connectivity index is 2.15. The van der Waals surface area contributed by atoms with Crippen LogP contribution in [0.2, 0.25) is 0 Å². The zero-order valence-corrected chi connectivity index (χ0v) is 12.3. The minimum absolute atomic E-state index is 0.160. The fourth-order valence-corrected chi connectivity index (χ4v) is 1.92. The van der Waals surface area contributed by atoms with E-state index in [2.05, 4.69) is 15.5 Å². The Hall–Kier alpha value is -2.34. The van der Waals surface area contributed by atoms with Crippen LogP contribution in [0.4, 0.5) is 5.69 Å². The highest BCUT2D eigenvalue weighted by Gasteiger charge is 2.13. The number of benzene rings is 1. The summed E-state index contributed by atoms with van der Waals surface area (Å²) in [4.78, 5) is 12.1. The van der Waals surface area contributed by atoms with E-state index in [1.807, 2.05) is 13.8 Å². The summed E-state index contributed by atoms with van der Waals surface area (Å²) in [6.07, 6.45) is 0. The number of rotatable bonds is 5. The number of nitrogens with one attached hydrogen (secondary N) is 2. The number of aliphatic hydroxyl groups excluding tert-OH is 1. The number of carbonyl (C=O) groups is 1. The van der Waals surface area contributed by atoms with Crippen molar-refractivity contribution in [2.75, 3.05) is 12.4 Å². The Labute approximate surface area is 123 Å². The molecule has 0 aliphatic heterocycles. The third-order valence-corrected chi connectivity index (χ3v) is 3.16. The van der Waals surface area contributed by atoms with Crippen molar-refractivity contribution in [3.05, 3.63) is 41.2 Å². The molecule has 0 radical (unpaired) electrons. The number of hydrogen-bond donors (Lipinski definition) is 3. The van der Waals surface area contributed by atoms with Crippen LogP contribution in [0.1, 0.15) is 41.5 Å². The van der Waals surface area contributed by atoms with Gasteiger partial charge in [-0.05, 0) is 30.2 Å². The van der Waals surface area contributed by atoms with Crippen molar-refractivity contribution in [3.63, 3.8) is 0 Å². The molecule has 0 atom stereocenters. The van der Waals surface area contributed by atoms with E-state index in [0.29, 0.717) is 22.7 Å². The predicted octanol–water partition coefficient (Wildman–Crippen LogP) is 2.29. The van der Waals surface area contributed by atoms with Gasteiger partial charge in [0.25, 0.3) is 5.91 Å². The summed E-state index contributed by atoms with van der Waals surface area (Å²) in [7, 11) is 1.53. The Morgan fingerprint density at radius 3 is 2.76 bits per heavy atom. The van der Waals surface area contributed by atoms with Gasteiger partial charge in [-0.15, -0.1) is 0 Å². The minimum atomic E-state index is -0.299. The average Bonchev–Trinajstić information content (AvgIpc) is 2.97. The van der Waals surface area contributed by atoms with Crippen molar-refractivity contribution in [1.29, 1.82) is 0 Å². The zero-order chi connectivity index (χ0) is 15.4. The summed E-state index contributed by atoms with van der Waals surface area (Å²) in [6, 6.07) is 6.82. The van der Waals surface area contributed by atoms with Gasteiger partial charge >= 0.3 is 0 Å². The number of amides is 1. The lowest BCUT2D eigenvalue weighted by Gasteiger charge is -2.09. The molecule has 0 unspecified atom stereocenters. The molecular formula is C15H19N3O3. The van der Waals surface area contributed by atoms with Crippen LogP contribution in [0.3, 0.4) is 0 Å². The number of aliphatic hydroxyl groups is 1. The fraction of sp³-hybridized carbons (Fsp3) is 0.333. The molecule has 0 bridgehead atoms. The molecule has 112 valence electrons. The van der Waals surface area contributed by atoms with Crippen LogP contribution < -0.4 is 10.1 Å². The number of H-pyrrole nitrogens is 1. The molecule has 0 saturated heterocycles. The second-order valence-electron chi connectivity index (χ2n) is 5.00. The largest absolute Gasteiger partial charge is 0.496 e. The Kier molecular flexibility index (Phi) is 4.59. The van der Waals surface area contributed by atoms with Gasteiger partial charge in [0.1, 0.15) is 5.75 Å². The molecule has 1 amide bonds. The van der Waals surface area contributed by atoms with Gasteiger partial charge in [-0.2, -0.15) is 5.10 Å². The molecule has 1 heterocycles. The van der Waals surface area contributed by atoms with Crippen LogP contribution in [0.15, 0.2) is 24.3 Å². The molecule has 6 heteroatoms.